The summed E-state index contributed by atoms with van der Waals surface area (Å²) in [5, 5.41) is 30.6. The van der Waals surface area contributed by atoms with Crippen LogP contribution in [0.2, 0.25) is 0 Å². The largest absolute Gasteiger partial charge is 0.394 e. The summed E-state index contributed by atoms with van der Waals surface area (Å²) < 4.78 is 5.53. The number of carbonyl (C=O) groups is 1. The van der Waals surface area contributed by atoms with Gasteiger partial charge in [-0.3, -0.25) is 4.79 Å². The fraction of sp³-hybridized carbons (Fsp3) is 0.500. The van der Waals surface area contributed by atoms with Gasteiger partial charge in [-0.15, -0.1) is 0 Å². The third-order valence-corrected chi connectivity index (χ3v) is 2.86. The van der Waals surface area contributed by atoms with Crippen LogP contribution in [0, 0.1) is 0 Å². The summed E-state index contributed by atoms with van der Waals surface area (Å²) in [6.45, 7) is 0.619. The van der Waals surface area contributed by atoms with E-state index in [1.54, 1.807) is 0 Å². The van der Waals surface area contributed by atoms with Gasteiger partial charge < -0.3 is 25.4 Å². The Morgan fingerprint density at radius 2 is 1.90 bits per heavy atom. The molecule has 1 aromatic rings. The highest BCUT2D eigenvalue weighted by atomic mass is 16.5. The van der Waals surface area contributed by atoms with Crippen molar-refractivity contribution in [2.75, 3.05) is 13.2 Å². The fourth-order valence-corrected chi connectivity index (χ4v) is 1.83. The second kappa shape index (κ2) is 8.65. The maximum atomic E-state index is 11.1. The van der Waals surface area contributed by atoms with Gasteiger partial charge in [0.1, 0.15) is 6.10 Å². The van der Waals surface area contributed by atoms with Crippen LogP contribution in [0.1, 0.15) is 12.5 Å². The molecule has 4 N–H and O–H groups in total. The third-order valence-electron chi connectivity index (χ3n) is 2.86. The van der Waals surface area contributed by atoms with Crippen molar-refractivity contribution in [3.8, 4) is 0 Å². The number of nitrogens with one attached hydrogen (secondary N) is 1. The highest BCUT2D eigenvalue weighted by molar-refractivity contribution is 5.73. The molecule has 0 aliphatic rings. The van der Waals surface area contributed by atoms with Gasteiger partial charge >= 0.3 is 0 Å². The number of hydrogen-bond donors (Lipinski definition) is 4. The quantitative estimate of drug-likeness (QED) is 0.512. The average molecular weight is 283 g/mol. The highest BCUT2D eigenvalue weighted by Crippen LogP contribution is 2.09. The molecule has 0 bridgehead atoms. The third kappa shape index (κ3) is 5.26. The molecule has 0 heterocycles. The lowest BCUT2D eigenvalue weighted by molar-refractivity contribution is -0.124. The van der Waals surface area contributed by atoms with Gasteiger partial charge in [-0.2, -0.15) is 0 Å². The highest BCUT2D eigenvalue weighted by Gasteiger charge is 2.29. The normalized spacial score (nSPS) is 15.4. The zero-order chi connectivity index (χ0) is 15.0. The molecule has 3 atom stereocenters. The summed E-state index contributed by atoms with van der Waals surface area (Å²) in [5.41, 5.74) is 0.908. The minimum atomic E-state index is -1.20. The maximum Gasteiger partial charge on any atom is 0.217 e. The molecular weight excluding hydrogens is 262 g/mol. The Labute approximate surface area is 118 Å². The van der Waals surface area contributed by atoms with Crippen LogP contribution in [0.5, 0.6) is 0 Å². The smallest absolute Gasteiger partial charge is 0.217 e. The fourth-order valence-electron chi connectivity index (χ4n) is 1.83. The van der Waals surface area contributed by atoms with Crippen molar-refractivity contribution < 1.29 is 24.9 Å². The van der Waals surface area contributed by atoms with E-state index in [4.69, 9.17) is 9.84 Å². The summed E-state index contributed by atoms with van der Waals surface area (Å²) in [6, 6.07) is 8.46. The summed E-state index contributed by atoms with van der Waals surface area (Å²) in [5.74, 6) is -0.371. The zero-order valence-corrected chi connectivity index (χ0v) is 11.4. The van der Waals surface area contributed by atoms with Gasteiger partial charge in [-0.25, -0.2) is 0 Å². The first-order valence-electron chi connectivity index (χ1n) is 6.41. The minimum absolute atomic E-state index is 0.236. The van der Waals surface area contributed by atoms with E-state index in [0.29, 0.717) is 0 Å². The van der Waals surface area contributed by atoms with Crippen molar-refractivity contribution in [1.82, 2.24) is 5.32 Å². The lowest BCUT2D eigenvalue weighted by Gasteiger charge is -2.29. The van der Waals surface area contributed by atoms with Crippen LogP contribution in [0.15, 0.2) is 30.3 Å². The Hall–Kier alpha value is -1.47. The molecule has 112 valence electrons. The standard InChI is InChI=1S/C14H21NO5/c1-10(18)15-14(12(19)7-16)13(8-17)20-9-11-5-3-2-4-6-11/h2-6,12-14,16-17,19H,7-9H2,1H3,(H,15,18)/t12-,13-,14-/m0/s1. The lowest BCUT2D eigenvalue weighted by atomic mass is 10.1. The summed E-state index contributed by atoms with van der Waals surface area (Å²) >= 11 is 0. The molecule has 0 aliphatic carbocycles. The van der Waals surface area contributed by atoms with Gasteiger partial charge in [0.15, 0.2) is 0 Å². The van der Waals surface area contributed by atoms with Crippen molar-refractivity contribution in [3.63, 3.8) is 0 Å². The van der Waals surface area contributed by atoms with Gasteiger partial charge in [0.25, 0.3) is 0 Å². The van der Waals surface area contributed by atoms with Crippen LogP contribution in [0.4, 0.5) is 0 Å². The van der Waals surface area contributed by atoms with Crippen LogP contribution in [-0.2, 0) is 16.1 Å². The van der Waals surface area contributed by atoms with Gasteiger partial charge in [-0.05, 0) is 5.56 Å². The first-order chi connectivity index (χ1) is 9.58. The Kier molecular flexibility index (Phi) is 7.17. The molecule has 0 fully saturated rings. The topological polar surface area (TPSA) is 99.0 Å². The van der Waals surface area contributed by atoms with Gasteiger partial charge in [0.2, 0.25) is 5.91 Å². The monoisotopic (exact) mass is 283 g/mol. The molecule has 6 nitrogen and oxygen atoms in total. The van der Waals surface area contributed by atoms with Crippen molar-refractivity contribution in [2.45, 2.75) is 31.8 Å². The Bertz CT molecular complexity index is 398. The first kappa shape index (κ1) is 16.6. The van der Waals surface area contributed by atoms with Crippen molar-refractivity contribution in [1.29, 1.82) is 0 Å². The van der Waals surface area contributed by atoms with Gasteiger partial charge in [0.05, 0.1) is 32.0 Å². The van der Waals surface area contributed by atoms with Crippen molar-refractivity contribution >= 4 is 5.91 Å². The Morgan fingerprint density at radius 1 is 1.25 bits per heavy atom. The Balaban J connectivity index is 2.67. The number of benzene rings is 1. The van der Waals surface area contributed by atoms with Crippen LogP contribution in [0.3, 0.4) is 0 Å². The van der Waals surface area contributed by atoms with E-state index in [-0.39, 0.29) is 19.1 Å². The van der Waals surface area contributed by atoms with E-state index in [1.165, 1.54) is 6.92 Å². The molecule has 0 spiro atoms. The van der Waals surface area contributed by atoms with E-state index in [1.807, 2.05) is 30.3 Å². The minimum Gasteiger partial charge on any atom is -0.394 e. The van der Waals surface area contributed by atoms with E-state index in [2.05, 4.69) is 5.32 Å². The summed E-state index contributed by atoms with van der Waals surface area (Å²) in [7, 11) is 0. The lowest BCUT2D eigenvalue weighted by Crippen LogP contribution is -2.53. The molecule has 0 unspecified atom stereocenters. The van der Waals surface area contributed by atoms with E-state index >= 15 is 0 Å². The van der Waals surface area contributed by atoms with Crippen molar-refractivity contribution in [3.05, 3.63) is 35.9 Å². The SMILES string of the molecule is CC(=O)N[C@H]([C@H](CO)OCc1ccccc1)[C@@H](O)CO. The second-order valence-corrected chi connectivity index (χ2v) is 4.49. The summed E-state index contributed by atoms with van der Waals surface area (Å²) in [4.78, 5) is 11.1. The van der Waals surface area contributed by atoms with E-state index < -0.39 is 24.9 Å². The molecule has 0 saturated heterocycles. The summed E-state index contributed by atoms with van der Waals surface area (Å²) in [6.07, 6.45) is -2.01. The molecule has 20 heavy (non-hydrogen) atoms. The van der Waals surface area contributed by atoms with Crippen LogP contribution < -0.4 is 5.32 Å². The molecule has 1 aromatic carbocycles. The number of ether oxygens (including phenoxy) is 1. The Morgan fingerprint density at radius 3 is 2.40 bits per heavy atom. The average Bonchev–Trinajstić information content (AvgIpc) is 2.46. The van der Waals surface area contributed by atoms with Gasteiger partial charge in [-0.1, -0.05) is 30.3 Å². The number of aliphatic hydroxyl groups is 3. The number of aliphatic hydroxyl groups excluding tert-OH is 3. The molecule has 6 heteroatoms. The van der Waals surface area contributed by atoms with Crippen LogP contribution in [0.25, 0.3) is 0 Å². The number of amides is 1. The molecule has 1 rings (SSSR count). The first-order valence-corrected chi connectivity index (χ1v) is 6.41. The van der Waals surface area contributed by atoms with Crippen LogP contribution in [-0.4, -0.2) is 52.7 Å². The van der Waals surface area contributed by atoms with Crippen molar-refractivity contribution in [2.24, 2.45) is 0 Å². The van der Waals surface area contributed by atoms with Crippen LogP contribution >= 0.6 is 0 Å². The maximum absolute atomic E-state index is 11.1. The van der Waals surface area contributed by atoms with E-state index in [0.717, 1.165) is 5.56 Å². The van der Waals surface area contributed by atoms with E-state index in [9.17, 15) is 15.0 Å². The predicted molar refractivity (Wildman–Crippen MR) is 72.8 cm³/mol. The molecule has 0 aromatic heterocycles. The molecular formula is C14H21NO5. The molecule has 0 radical (unpaired) electrons. The number of rotatable bonds is 8. The molecule has 0 aliphatic heterocycles. The zero-order valence-electron chi connectivity index (χ0n) is 11.4. The number of carbonyl (C=O) groups excluding carboxylic acids is 1. The number of hydrogen-bond acceptors (Lipinski definition) is 5. The second-order valence-electron chi connectivity index (χ2n) is 4.49. The molecule has 1 amide bonds. The molecule has 0 saturated carbocycles. The van der Waals surface area contributed by atoms with Gasteiger partial charge in [0, 0.05) is 6.92 Å². The predicted octanol–water partition coefficient (Wildman–Crippen LogP) is -0.578.